The number of aliphatic hydroxyl groups is 2. The van der Waals surface area contributed by atoms with Crippen LogP contribution in [0.5, 0.6) is 0 Å². The van der Waals surface area contributed by atoms with E-state index in [0.29, 0.717) is 6.42 Å². The zero-order chi connectivity index (χ0) is 9.59. The molecule has 2 fully saturated rings. The molecule has 0 heterocycles. The van der Waals surface area contributed by atoms with Crippen molar-refractivity contribution >= 4 is 5.97 Å². The van der Waals surface area contributed by atoms with E-state index in [2.05, 4.69) is 0 Å². The van der Waals surface area contributed by atoms with Gasteiger partial charge in [0.25, 0.3) is 0 Å². The first kappa shape index (κ1) is 8.97. The molecule has 2 unspecified atom stereocenters. The summed E-state index contributed by atoms with van der Waals surface area (Å²) in [6, 6.07) is 0. The summed E-state index contributed by atoms with van der Waals surface area (Å²) in [5.74, 6) is -0.243. The average molecular weight is 186 g/mol. The SMILES string of the molecule is CC(=O)O[C@@H]1CC2CC1[C@@H](O)[C@@H]2O. The first-order chi connectivity index (χ1) is 6.09. The molecule has 2 aliphatic rings. The second kappa shape index (κ2) is 2.96. The van der Waals surface area contributed by atoms with Crippen molar-refractivity contribution in [3.05, 3.63) is 0 Å². The van der Waals surface area contributed by atoms with Crippen LogP contribution in [0.25, 0.3) is 0 Å². The van der Waals surface area contributed by atoms with Crippen molar-refractivity contribution in [3.63, 3.8) is 0 Å². The van der Waals surface area contributed by atoms with Gasteiger partial charge in [-0.2, -0.15) is 0 Å². The summed E-state index contributed by atoms with van der Waals surface area (Å²) in [6.07, 6.45) is -0.0243. The molecule has 0 amide bonds. The molecule has 0 spiro atoms. The van der Waals surface area contributed by atoms with E-state index in [1.165, 1.54) is 6.92 Å². The summed E-state index contributed by atoms with van der Waals surface area (Å²) in [5, 5.41) is 19.0. The van der Waals surface area contributed by atoms with E-state index in [1.54, 1.807) is 0 Å². The fourth-order valence-corrected chi connectivity index (χ4v) is 2.59. The minimum absolute atomic E-state index is 0.0519. The van der Waals surface area contributed by atoms with Gasteiger partial charge >= 0.3 is 5.97 Å². The number of esters is 1. The van der Waals surface area contributed by atoms with Gasteiger partial charge in [-0.3, -0.25) is 4.79 Å². The maximum Gasteiger partial charge on any atom is 0.302 e. The van der Waals surface area contributed by atoms with Gasteiger partial charge in [0.15, 0.2) is 0 Å². The highest BCUT2D eigenvalue weighted by Crippen LogP contribution is 2.46. The predicted molar refractivity (Wildman–Crippen MR) is 43.8 cm³/mol. The lowest BCUT2D eigenvalue weighted by Gasteiger charge is -2.28. The zero-order valence-corrected chi connectivity index (χ0v) is 7.51. The molecule has 2 aliphatic carbocycles. The van der Waals surface area contributed by atoms with Gasteiger partial charge in [0.2, 0.25) is 0 Å². The molecular weight excluding hydrogens is 172 g/mol. The highest BCUT2D eigenvalue weighted by atomic mass is 16.5. The fourth-order valence-electron chi connectivity index (χ4n) is 2.59. The van der Waals surface area contributed by atoms with Crippen LogP contribution >= 0.6 is 0 Å². The predicted octanol–water partition coefficient (Wildman–Crippen LogP) is -0.320. The van der Waals surface area contributed by atoms with E-state index >= 15 is 0 Å². The van der Waals surface area contributed by atoms with Gasteiger partial charge in [0.05, 0.1) is 12.2 Å². The third kappa shape index (κ3) is 1.34. The first-order valence-corrected chi connectivity index (χ1v) is 4.63. The Morgan fingerprint density at radius 1 is 1.31 bits per heavy atom. The minimum atomic E-state index is -0.705. The van der Waals surface area contributed by atoms with E-state index in [4.69, 9.17) is 4.74 Å². The highest BCUT2D eigenvalue weighted by Gasteiger charge is 2.53. The van der Waals surface area contributed by atoms with Gasteiger partial charge in [-0.05, 0) is 18.8 Å². The molecule has 0 aliphatic heterocycles. The Hall–Kier alpha value is -0.610. The van der Waals surface area contributed by atoms with Gasteiger partial charge in [-0.1, -0.05) is 0 Å². The lowest BCUT2D eigenvalue weighted by molar-refractivity contribution is -0.154. The number of carbonyl (C=O) groups is 1. The summed E-state index contributed by atoms with van der Waals surface area (Å²) < 4.78 is 5.05. The van der Waals surface area contributed by atoms with Crippen LogP contribution in [-0.2, 0) is 9.53 Å². The second-order valence-electron chi connectivity index (χ2n) is 4.02. The number of fused-ring (bicyclic) bond motifs is 2. The van der Waals surface area contributed by atoms with E-state index in [9.17, 15) is 15.0 Å². The summed E-state index contributed by atoms with van der Waals surface area (Å²) in [5.41, 5.74) is 0. The lowest BCUT2D eigenvalue weighted by atomic mass is 9.92. The summed E-state index contributed by atoms with van der Waals surface area (Å²) in [6.45, 7) is 1.37. The Labute approximate surface area is 76.5 Å². The molecule has 13 heavy (non-hydrogen) atoms. The molecule has 0 saturated heterocycles. The van der Waals surface area contributed by atoms with Crippen molar-refractivity contribution in [2.45, 2.75) is 38.1 Å². The maximum absolute atomic E-state index is 10.7. The molecule has 0 aromatic carbocycles. The molecule has 2 rings (SSSR count). The van der Waals surface area contributed by atoms with Crippen molar-refractivity contribution in [3.8, 4) is 0 Å². The quantitative estimate of drug-likeness (QED) is 0.551. The number of aliphatic hydroxyl groups excluding tert-OH is 2. The van der Waals surface area contributed by atoms with Crippen LogP contribution in [0.2, 0.25) is 0 Å². The number of hydrogen-bond acceptors (Lipinski definition) is 4. The molecule has 0 radical (unpaired) electrons. The van der Waals surface area contributed by atoms with Crippen LogP contribution in [0, 0.1) is 11.8 Å². The Morgan fingerprint density at radius 2 is 2.00 bits per heavy atom. The van der Waals surface area contributed by atoms with Crippen molar-refractivity contribution in [1.29, 1.82) is 0 Å². The molecule has 2 bridgehead atoms. The molecule has 0 aromatic heterocycles. The van der Waals surface area contributed by atoms with Gasteiger partial charge in [-0.15, -0.1) is 0 Å². The number of rotatable bonds is 1. The van der Waals surface area contributed by atoms with Gasteiger partial charge in [0, 0.05) is 12.8 Å². The normalized spacial score (nSPS) is 48.1. The molecular formula is C9H14O4. The summed E-state index contributed by atoms with van der Waals surface area (Å²) >= 11 is 0. The van der Waals surface area contributed by atoms with Crippen LogP contribution < -0.4 is 0 Å². The van der Waals surface area contributed by atoms with E-state index in [-0.39, 0.29) is 23.9 Å². The Balaban J connectivity index is 2.02. The van der Waals surface area contributed by atoms with Crippen molar-refractivity contribution in [1.82, 2.24) is 0 Å². The number of ether oxygens (including phenoxy) is 1. The average Bonchev–Trinajstić information content (AvgIpc) is 2.53. The van der Waals surface area contributed by atoms with Crippen LogP contribution in [-0.4, -0.2) is 34.5 Å². The Kier molecular flexibility index (Phi) is 2.04. The van der Waals surface area contributed by atoms with E-state index in [0.717, 1.165) is 6.42 Å². The topological polar surface area (TPSA) is 66.8 Å². The zero-order valence-electron chi connectivity index (χ0n) is 7.51. The van der Waals surface area contributed by atoms with E-state index < -0.39 is 12.2 Å². The monoisotopic (exact) mass is 186 g/mol. The van der Waals surface area contributed by atoms with Crippen molar-refractivity contribution in [2.75, 3.05) is 0 Å². The highest BCUT2D eigenvalue weighted by molar-refractivity contribution is 5.66. The van der Waals surface area contributed by atoms with Crippen LogP contribution in [0.4, 0.5) is 0 Å². The molecule has 74 valence electrons. The maximum atomic E-state index is 10.7. The van der Waals surface area contributed by atoms with Crippen molar-refractivity contribution < 1.29 is 19.7 Å². The van der Waals surface area contributed by atoms with Crippen molar-refractivity contribution in [2.24, 2.45) is 11.8 Å². The van der Waals surface area contributed by atoms with Gasteiger partial charge in [0.1, 0.15) is 6.10 Å². The smallest absolute Gasteiger partial charge is 0.302 e. The molecule has 2 saturated carbocycles. The minimum Gasteiger partial charge on any atom is -0.462 e. The molecule has 2 N–H and O–H groups in total. The number of carbonyl (C=O) groups excluding carboxylic acids is 1. The summed E-state index contributed by atoms with van der Waals surface area (Å²) in [4.78, 5) is 10.7. The van der Waals surface area contributed by atoms with Crippen LogP contribution in [0.15, 0.2) is 0 Å². The Morgan fingerprint density at radius 3 is 2.46 bits per heavy atom. The molecule has 4 heteroatoms. The van der Waals surface area contributed by atoms with E-state index in [1.807, 2.05) is 0 Å². The third-order valence-electron chi connectivity index (χ3n) is 3.18. The fraction of sp³-hybridized carbons (Fsp3) is 0.889. The molecule has 0 aromatic rings. The Bertz CT molecular complexity index is 226. The summed E-state index contributed by atoms with van der Waals surface area (Å²) in [7, 11) is 0. The molecule has 5 atom stereocenters. The molecule has 4 nitrogen and oxygen atoms in total. The lowest BCUT2D eigenvalue weighted by Crippen LogP contribution is -2.40. The second-order valence-corrected chi connectivity index (χ2v) is 4.02. The van der Waals surface area contributed by atoms with Gasteiger partial charge in [-0.25, -0.2) is 0 Å². The standard InChI is InChI=1S/C9H14O4/c1-4(10)13-7-3-5-2-6(7)9(12)8(5)11/h5-9,11-12H,2-3H2,1H3/t5?,6?,7-,8-,9-/m1/s1. The van der Waals surface area contributed by atoms with Crippen LogP contribution in [0.3, 0.4) is 0 Å². The van der Waals surface area contributed by atoms with Gasteiger partial charge < -0.3 is 14.9 Å². The number of hydrogen-bond donors (Lipinski definition) is 2. The first-order valence-electron chi connectivity index (χ1n) is 4.63. The third-order valence-corrected chi connectivity index (χ3v) is 3.18. The largest absolute Gasteiger partial charge is 0.462 e. The van der Waals surface area contributed by atoms with Crippen LogP contribution in [0.1, 0.15) is 19.8 Å².